The second kappa shape index (κ2) is 15.8. The Kier molecular flexibility index (Phi) is 11.9. The molecule has 1 heteroatoms. The van der Waals surface area contributed by atoms with Crippen molar-refractivity contribution in [1.29, 1.82) is 0 Å². The van der Waals surface area contributed by atoms with E-state index in [9.17, 15) is 0 Å². The molecule has 0 unspecified atom stereocenters. The van der Waals surface area contributed by atoms with Gasteiger partial charge in [0, 0.05) is 5.56 Å². The minimum Gasteiger partial charge on any atom is -0.494 e. The maximum absolute atomic E-state index is 5.88. The predicted molar refractivity (Wildman–Crippen MR) is 163 cm³/mol. The molecule has 2 saturated carbocycles. The van der Waals surface area contributed by atoms with Gasteiger partial charge >= 0.3 is 0 Å². The first-order valence-electron chi connectivity index (χ1n) is 15.8. The number of rotatable bonds is 11. The van der Waals surface area contributed by atoms with Gasteiger partial charge in [0.1, 0.15) is 5.75 Å². The first kappa shape index (κ1) is 28.5. The van der Waals surface area contributed by atoms with Crippen molar-refractivity contribution in [3.63, 3.8) is 0 Å². The van der Waals surface area contributed by atoms with Gasteiger partial charge in [-0.15, -0.1) is 0 Å². The van der Waals surface area contributed by atoms with E-state index in [1.54, 1.807) is 0 Å². The summed E-state index contributed by atoms with van der Waals surface area (Å²) in [6, 6.07) is 18.0. The Hall–Kier alpha value is -2.46. The average molecular weight is 511 g/mol. The molecule has 0 aliphatic heterocycles. The lowest BCUT2D eigenvalue weighted by Gasteiger charge is -2.28. The number of unbranched alkanes of at least 4 members (excludes halogenated alkanes) is 3. The van der Waals surface area contributed by atoms with Crippen LogP contribution < -0.4 is 4.74 Å². The summed E-state index contributed by atoms with van der Waals surface area (Å²) in [5, 5.41) is 0. The van der Waals surface area contributed by atoms with Crippen molar-refractivity contribution in [3.05, 3.63) is 77.4 Å². The highest BCUT2D eigenvalue weighted by atomic mass is 16.5. The molecule has 0 N–H and O–H groups in total. The minimum atomic E-state index is 0.663. The molecule has 0 radical (unpaired) electrons. The normalized spacial score (nSPS) is 23.6. The van der Waals surface area contributed by atoms with E-state index >= 15 is 0 Å². The highest BCUT2D eigenvalue weighted by molar-refractivity contribution is 5.39. The Morgan fingerprint density at radius 3 is 1.95 bits per heavy atom. The number of benzene rings is 2. The van der Waals surface area contributed by atoms with Crippen LogP contribution in [0.4, 0.5) is 0 Å². The molecule has 4 rings (SSSR count). The topological polar surface area (TPSA) is 9.23 Å². The maximum Gasteiger partial charge on any atom is 0.119 e. The Labute approximate surface area is 233 Å². The van der Waals surface area contributed by atoms with Gasteiger partial charge in [-0.3, -0.25) is 0 Å². The molecule has 2 fully saturated rings. The molecule has 0 bridgehead atoms. The van der Waals surface area contributed by atoms with Crippen LogP contribution in [-0.2, 0) is 0 Å². The third kappa shape index (κ3) is 9.08. The van der Waals surface area contributed by atoms with Gasteiger partial charge < -0.3 is 4.74 Å². The highest BCUT2D eigenvalue weighted by Crippen LogP contribution is 2.38. The fourth-order valence-corrected chi connectivity index (χ4v) is 6.45. The van der Waals surface area contributed by atoms with Crippen LogP contribution in [-0.4, -0.2) is 6.61 Å². The number of hydrogen-bond acceptors (Lipinski definition) is 1. The summed E-state index contributed by atoms with van der Waals surface area (Å²) in [6.07, 6.45) is 22.9. The van der Waals surface area contributed by atoms with Crippen molar-refractivity contribution in [2.75, 3.05) is 6.61 Å². The molecule has 38 heavy (non-hydrogen) atoms. The first-order valence-corrected chi connectivity index (χ1v) is 15.8. The number of hydrogen-bond donors (Lipinski definition) is 0. The fourth-order valence-electron chi connectivity index (χ4n) is 6.45. The lowest BCUT2D eigenvalue weighted by molar-refractivity contribution is 0.304. The molecular weight excluding hydrogens is 460 g/mol. The Morgan fingerprint density at radius 2 is 1.32 bits per heavy atom. The quantitative estimate of drug-likeness (QED) is 0.216. The second-order valence-electron chi connectivity index (χ2n) is 11.8. The van der Waals surface area contributed by atoms with E-state index in [0.29, 0.717) is 11.8 Å². The summed E-state index contributed by atoms with van der Waals surface area (Å²) in [6.45, 7) is 5.37. The summed E-state index contributed by atoms with van der Waals surface area (Å²) < 4.78 is 5.88. The van der Waals surface area contributed by atoms with Crippen molar-refractivity contribution >= 4 is 0 Å². The van der Waals surface area contributed by atoms with Crippen molar-refractivity contribution in [3.8, 4) is 17.6 Å². The van der Waals surface area contributed by atoms with E-state index < -0.39 is 0 Å². The van der Waals surface area contributed by atoms with Gasteiger partial charge in [0.25, 0.3) is 0 Å². The van der Waals surface area contributed by atoms with Crippen molar-refractivity contribution in [2.45, 2.75) is 116 Å². The molecule has 0 spiro atoms. The Bertz CT molecular complexity index is 1000. The molecule has 204 valence electrons. The summed E-state index contributed by atoms with van der Waals surface area (Å²) >= 11 is 0. The maximum atomic E-state index is 5.88. The van der Waals surface area contributed by atoms with E-state index in [1.807, 2.05) is 0 Å². The van der Waals surface area contributed by atoms with E-state index in [1.165, 1.54) is 94.6 Å². The molecular formula is C37H50O. The predicted octanol–water partition coefficient (Wildman–Crippen LogP) is 10.6. The average Bonchev–Trinajstić information content (AvgIpc) is 2.98. The third-order valence-corrected chi connectivity index (χ3v) is 9.00. The van der Waals surface area contributed by atoms with Crippen molar-refractivity contribution < 1.29 is 4.74 Å². The van der Waals surface area contributed by atoms with E-state index in [2.05, 4.69) is 86.4 Å². The molecule has 0 saturated heterocycles. The second-order valence-corrected chi connectivity index (χ2v) is 11.8. The molecule has 0 heterocycles. The van der Waals surface area contributed by atoms with Gasteiger partial charge in [-0.05, 0) is 123 Å². The zero-order valence-electron chi connectivity index (χ0n) is 24.1. The molecule has 0 atom stereocenters. The lowest BCUT2D eigenvalue weighted by atomic mass is 9.77. The van der Waals surface area contributed by atoms with Gasteiger partial charge in [0.15, 0.2) is 0 Å². The zero-order valence-corrected chi connectivity index (χ0v) is 24.1. The number of ether oxygens (including phenoxy) is 1. The monoisotopic (exact) mass is 510 g/mol. The molecule has 2 aliphatic rings. The molecule has 2 aliphatic carbocycles. The molecule has 1 nitrogen and oxygen atoms in total. The molecule has 2 aromatic rings. The summed E-state index contributed by atoms with van der Waals surface area (Å²) in [5.74, 6) is 10.8. The highest BCUT2D eigenvalue weighted by Gasteiger charge is 2.22. The van der Waals surface area contributed by atoms with Crippen LogP contribution in [0.15, 0.2) is 60.7 Å². The lowest BCUT2D eigenvalue weighted by Crippen LogP contribution is -2.13. The molecule has 2 aromatic carbocycles. The van der Waals surface area contributed by atoms with Crippen molar-refractivity contribution in [1.82, 2.24) is 0 Å². The standard InChI is InChI=1S/C37H50O/c1-3-5-9-29-38-37-27-25-36(26-28-37)35-23-17-32(18-24-35)12-8-7-11-31-15-21-34(22-16-31)33-19-13-30(14-20-33)10-6-4-2/h8,12,15-16,21-22,25-28,30,32-33,35H,3-6,9-10,13-14,17-20,23-24,29H2,1-2H3/b12-8+. The summed E-state index contributed by atoms with van der Waals surface area (Å²) in [7, 11) is 0. The Morgan fingerprint density at radius 1 is 0.711 bits per heavy atom. The third-order valence-electron chi connectivity index (χ3n) is 9.00. The number of allylic oxidation sites excluding steroid dienone is 2. The Balaban J connectivity index is 1.17. The van der Waals surface area contributed by atoms with E-state index in [-0.39, 0.29) is 0 Å². The van der Waals surface area contributed by atoms with Crippen LogP contribution in [0.2, 0.25) is 0 Å². The molecule has 0 aromatic heterocycles. The fraction of sp³-hybridized carbons (Fsp3) is 0.568. The summed E-state index contributed by atoms with van der Waals surface area (Å²) in [4.78, 5) is 0. The van der Waals surface area contributed by atoms with Crippen LogP contribution in [0.5, 0.6) is 5.75 Å². The van der Waals surface area contributed by atoms with Gasteiger partial charge in [0.05, 0.1) is 6.61 Å². The van der Waals surface area contributed by atoms with Crippen LogP contribution in [0.3, 0.4) is 0 Å². The van der Waals surface area contributed by atoms with Gasteiger partial charge in [-0.25, -0.2) is 0 Å². The van der Waals surface area contributed by atoms with Crippen LogP contribution in [0.25, 0.3) is 0 Å². The van der Waals surface area contributed by atoms with Crippen LogP contribution in [0, 0.1) is 23.7 Å². The van der Waals surface area contributed by atoms with Gasteiger partial charge in [-0.1, -0.05) is 88.1 Å². The van der Waals surface area contributed by atoms with Gasteiger partial charge in [-0.2, -0.15) is 0 Å². The van der Waals surface area contributed by atoms with Crippen LogP contribution in [0.1, 0.15) is 132 Å². The largest absolute Gasteiger partial charge is 0.494 e. The molecule has 0 amide bonds. The van der Waals surface area contributed by atoms with E-state index in [4.69, 9.17) is 4.74 Å². The smallest absolute Gasteiger partial charge is 0.119 e. The summed E-state index contributed by atoms with van der Waals surface area (Å²) in [5.41, 5.74) is 4.13. The SMILES string of the molecule is CCCCCOc1ccc(C2CCC(/C=C/C#Cc3ccc(C4CCC(CCCC)CC4)cc3)CC2)cc1. The van der Waals surface area contributed by atoms with Crippen molar-refractivity contribution in [2.24, 2.45) is 11.8 Å². The first-order chi connectivity index (χ1) is 18.7. The zero-order chi connectivity index (χ0) is 26.4. The minimum absolute atomic E-state index is 0.663. The van der Waals surface area contributed by atoms with Gasteiger partial charge in [0.2, 0.25) is 0 Å². The van der Waals surface area contributed by atoms with Crippen LogP contribution >= 0.6 is 0 Å². The van der Waals surface area contributed by atoms with E-state index in [0.717, 1.165) is 36.2 Å².